The number of nitrogens with zero attached hydrogens (tertiary/aromatic N) is 1. The van der Waals surface area contributed by atoms with Crippen LogP contribution in [0.15, 0.2) is 9.95 Å². The Bertz CT molecular complexity index is 1010. The third-order valence-electron chi connectivity index (χ3n) is 4.81. The number of hydrogen-bond acceptors (Lipinski definition) is 8. The van der Waals surface area contributed by atoms with E-state index >= 15 is 0 Å². The molecule has 0 bridgehead atoms. The lowest BCUT2D eigenvalue weighted by Gasteiger charge is -2.12. The second-order valence-electron chi connectivity index (χ2n) is 6.76. The van der Waals surface area contributed by atoms with Crippen molar-refractivity contribution >= 4 is 51.7 Å². The molecule has 0 atom stereocenters. The summed E-state index contributed by atoms with van der Waals surface area (Å²) in [7, 11) is 0. The number of aromatic amines is 1. The molecule has 29 heavy (non-hydrogen) atoms. The van der Waals surface area contributed by atoms with Crippen molar-refractivity contribution in [1.29, 1.82) is 0 Å². The smallest absolute Gasteiger partial charge is 0.341 e. The fourth-order valence-corrected chi connectivity index (χ4v) is 6.49. The van der Waals surface area contributed by atoms with Crippen molar-refractivity contribution in [3.05, 3.63) is 37.6 Å². The van der Waals surface area contributed by atoms with Crippen molar-refractivity contribution in [2.75, 3.05) is 17.7 Å². The van der Waals surface area contributed by atoms with Crippen LogP contribution in [0.4, 0.5) is 5.00 Å². The normalized spacial score (nSPS) is 14.9. The van der Waals surface area contributed by atoms with Gasteiger partial charge in [-0.15, -0.1) is 11.3 Å². The monoisotopic (exact) mass is 451 g/mol. The molecule has 0 unspecified atom stereocenters. The largest absolute Gasteiger partial charge is 0.462 e. The molecule has 154 valence electrons. The third kappa shape index (κ3) is 4.39. The van der Waals surface area contributed by atoms with Gasteiger partial charge in [0.15, 0.2) is 5.16 Å². The first-order chi connectivity index (χ1) is 14.1. The highest BCUT2D eigenvalue weighted by Gasteiger charge is 2.27. The number of rotatable bonds is 6. The quantitative estimate of drug-likeness (QED) is 0.394. The number of thioether (sulfide) groups is 2. The van der Waals surface area contributed by atoms with Crippen molar-refractivity contribution < 1.29 is 14.3 Å². The minimum Gasteiger partial charge on any atom is -0.462 e. The molecule has 2 aliphatic rings. The Morgan fingerprint density at radius 3 is 2.90 bits per heavy atom. The molecule has 0 saturated heterocycles. The summed E-state index contributed by atoms with van der Waals surface area (Å²) in [5.74, 6) is 0.888. The van der Waals surface area contributed by atoms with Crippen LogP contribution >= 0.6 is 34.9 Å². The van der Waals surface area contributed by atoms with Crippen LogP contribution in [0.5, 0.6) is 0 Å². The number of fused-ring (bicyclic) bond motifs is 2. The maximum atomic E-state index is 12.5. The van der Waals surface area contributed by atoms with Gasteiger partial charge in [0.1, 0.15) is 5.00 Å². The van der Waals surface area contributed by atoms with Crippen LogP contribution in [0, 0.1) is 0 Å². The zero-order chi connectivity index (χ0) is 20.4. The number of carbonyl (C=O) groups excluding carboxylic acids is 2. The number of nitrogens with one attached hydrogen (secondary N) is 2. The van der Waals surface area contributed by atoms with Crippen LogP contribution in [0.3, 0.4) is 0 Å². The lowest BCUT2D eigenvalue weighted by atomic mass is 9.95. The van der Waals surface area contributed by atoms with Gasteiger partial charge in [-0.25, -0.2) is 9.78 Å². The summed E-state index contributed by atoms with van der Waals surface area (Å²) in [4.78, 5) is 45.5. The highest BCUT2D eigenvalue weighted by Crippen LogP contribution is 2.38. The van der Waals surface area contributed by atoms with E-state index in [1.807, 2.05) is 0 Å². The number of hydrogen-bond donors (Lipinski definition) is 2. The van der Waals surface area contributed by atoms with Crippen LogP contribution in [-0.4, -0.2) is 34.2 Å². The van der Waals surface area contributed by atoms with E-state index in [1.165, 1.54) is 23.1 Å². The topological polar surface area (TPSA) is 101 Å². The van der Waals surface area contributed by atoms with Gasteiger partial charge in [0.05, 0.1) is 23.6 Å². The lowest BCUT2D eigenvalue weighted by Crippen LogP contribution is -2.18. The lowest BCUT2D eigenvalue weighted by molar-refractivity contribution is -0.113. The van der Waals surface area contributed by atoms with E-state index in [1.54, 1.807) is 18.7 Å². The Balaban J connectivity index is 1.47. The van der Waals surface area contributed by atoms with Crippen molar-refractivity contribution in [1.82, 2.24) is 9.97 Å². The number of aromatic nitrogens is 2. The second-order valence-corrected chi connectivity index (χ2v) is 9.82. The second kappa shape index (κ2) is 8.93. The minimum atomic E-state index is -0.378. The molecule has 1 amide bonds. The van der Waals surface area contributed by atoms with Crippen molar-refractivity contribution in [3.8, 4) is 0 Å². The maximum Gasteiger partial charge on any atom is 0.341 e. The molecule has 0 spiro atoms. The van der Waals surface area contributed by atoms with Crippen LogP contribution in [0.2, 0.25) is 0 Å². The Morgan fingerprint density at radius 1 is 1.24 bits per heavy atom. The molecule has 0 fully saturated rings. The first-order valence-electron chi connectivity index (χ1n) is 9.51. The third-order valence-corrected chi connectivity index (χ3v) is 7.86. The fourth-order valence-electron chi connectivity index (χ4n) is 3.48. The molecule has 2 aromatic rings. The molecule has 2 aromatic heterocycles. The molecular weight excluding hydrogens is 430 g/mol. The molecule has 1 aliphatic heterocycles. The highest BCUT2D eigenvalue weighted by molar-refractivity contribution is 7.99. The number of anilines is 1. The van der Waals surface area contributed by atoms with Gasteiger partial charge < -0.3 is 15.0 Å². The SMILES string of the molecule is CCOC(=O)c1c(NC(=O)CSc2nc3c(c(=O)[nH]2)CSC3)sc2c1CCCC2. The van der Waals surface area contributed by atoms with E-state index in [-0.39, 0.29) is 23.2 Å². The summed E-state index contributed by atoms with van der Waals surface area (Å²) < 4.78 is 5.22. The van der Waals surface area contributed by atoms with Gasteiger partial charge in [-0.1, -0.05) is 11.8 Å². The van der Waals surface area contributed by atoms with Gasteiger partial charge in [0.2, 0.25) is 5.91 Å². The van der Waals surface area contributed by atoms with Gasteiger partial charge in [-0.2, -0.15) is 11.8 Å². The Hall–Kier alpha value is -1.78. The molecule has 1 aliphatic carbocycles. The minimum absolute atomic E-state index is 0.0969. The summed E-state index contributed by atoms with van der Waals surface area (Å²) in [6.07, 6.45) is 3.89. The van der Waals surface area contributed by atoms with E-state index in [4.69, 9.17) is 4.74 Å². The van der Waals surface area contributed by atoms with Crippen LogP contribution in [0.25, 0.3) is 0 Å². The Kier molecular flexibility index (Phi) is 6.31. The van der Waals surface area contributed by atoms with Gasteiger partial charge >= 0.3 is 5.97 Å². The number of thiophene rings is 1. The predicted molar refractivity (Wildman–Crippen MR) is 116 cm³/mol. The summed E-state index contributed by atoms with van der Waals surface area (Å²) in [5.41, 5.74) is 2.93. The number of aryl methyl sites for hydroxylation is 1. The molecule has 0 radical (unpaired) electrons. The van der Waals surface area contributed by atoms with Crippen LogP contribution in [-0.2, 0) is 33.9 Å². The first-order valence-corrected chi connectivity index (χ1v) is 12.5. The fraction of sp³-hybridized carbons (Fsp3) is 0.474. The molecule has 2 N–H and O–H groups in total. The number of H-pyrrole nitrogens is 1. The summed E-state index contributed by atoms with van der Waals surface area (Å²) in [6.45, 7) is 2.07. The zero-order valence-corrected chi connectivity index (χ0v) is 18.4. The van der Waals surface area contributed by atoms with Crippen molar-refractivity contribution in [2.45, 2.75) is 49.3 Å². The molecule has 0 saturated carbocycles. The van der Waals surface area contributed by atoms with Crippen molar-refractivity contribution in [2.24, 2.45) is 0 Å². The predicted octanol–water partition coefficient (Wildman–Crippen LogP) is 3.36. The summed E-state index contributed by atoms with van der Waals surface area (Å²) in [6, 6.07) is 0. The van der Waals surface area contributed by atoms with Crippen LogP contribution in [0.1, 0.15) is 51.8 Å². The van der Waals surface area contributed by atoms with Crippen molar-refractivity contribution in [3.63, 3.8) is 0 Å². The van der Waals surface area contributed by atoms with Gasteiger partial charge in [-0.3, -0.25) is 9.59 Å². The van der Waals surface area contributed by atoms with E-state index in [2.05, 4.69) is 15.3 Å². The molecule has 0 aromatic carbocycles. The maximum absolute atomic E-state index is 12.5. The zero-order valence-electron chi connectivity index (χ0n) is 16.0. The summed E-state index contributed by atoms with van der Waals surface area (Å²) >= 11 is 4.31. The molecular formula is C19H21N3O4S3. The molecule has 3 heterocycles. The Labute approximate surface area is 180 Å². The van der Waals surface area contributed by atoms with Gasteiger partial charge in [0, 0.05) is 21.9 Å². The van der Waals surface area contributed by atoms with Crippen LogP contribution < -0.4 is 10.9 Å². The number of ether oxygens (including phenoxy) is 1. The van der Waals surface area contributed by atoms with Gasteiger partial charge in [-0.05, 0) is 38.2 Å². The average molecular weight is 452 g/mol. The molecule has 7 nitrogen and oxygen atoms in total. The van der Waals surface area contributed by atoms with E-state index in [0.29, 0.717) is 28.1 Å². The molecule has 4 rings (SSSR count). The highest BCUT2D eigenvalue weighted by atomic mass is 32.2. The van der Waals surface area contributed by atoms with E-state index in [9.17, 15) is 14.4 Å². The van der Waals surface area contributed by atoms with E-state index in [0.717, 1.165) is 53.1 Å². The van der Waals surface area contributed by atoms with Gasteiger partial charge in [0.25, 0.3) is 5.56 Å². The number of carbonyl (C=O) groups is 2. The number of esters is 1. The van der Waals surface area contributed by atoms with E-state index < -0.39 is 0 Å². The standard InChI is InChI=1S/C19H21N3O4S3/c1-2-26-18(25)15-10-5-3-4-6-13(10)29-17(15)21-14(23)9-28-19-20-12-8-27-7-11(12)16(24)22-19/h2-9H2,1H3,(H,21,23)(H,20,22,24). The average Bonchev–Trinajstić information content (AvgIpc) is 3.31. The number of amides is 1. The summed E-state index contributed by atoms with van der Waals surface area (Å²) in [5, 5.41) is 3.89. The molecule has 10 heteroatoms. The Morgan fingerprint density at radius 2 is 2.07 bits per heavy atom. The first kappa shape index (κ1) is 20.5.